The summed E-state index contributed by atoms with van der Waals surface area (Å²) >= 11 is 4.75. The summed E-state index contributed by atoms with van der Waals surface area (Å²) in [5, 5.41) is 19.2. The van der Waals surface area contributed by atoms with Crippen LogP contribution >= 0.6 is 11.6 Å². The lowest BCUT2D eigenvalue weighted by Gasteiger charge is -2.31. The Morgan fingerprint density at radius 3 is 2.13 bits per heavy atom. The van der Waals surface area contributed by atoms with Crippen molar-refractivity contribution in [1.82, 2.24) is 10.6 Å². The molecule has 0 bridgehead atoms. The number of carbonyl (C=O) groups excluding carboxylic acids is 1. The molecule has 2 amide bonds. The van der Waals surface area contributed by atoms with E-state index in [4.69, 9.17) is 16.3 Å². The van der Waals surface area contributed by atoms with E-state index in [0.717, 1.165) is 16.7 Å². The number of hydrogen-bond acceptors (Lipinski definition) is 5. The first-order valence-electron chi connectivity index (χ1n) is 14.9. The monoisotopic (exact) mass is 645 g/mol. The van der Waals surface area contributed by atoms with Crippen molar-refractivity contribution in [2.24, 2.45) is 0 Å². The number of aryl methyl sites for hydroxylation is 1. The van der Waals surface area contributed by atoms with Gasteiger partial charge in [0.1, 0.15) is 17.9 Å². The predicted octanol–water partition coefficient (Wildman–Crippen LogP) is 5.84. The Balaban J connectivity index is 1.27. The molecule has 1 fully saturated rings. The second-order valence-electron chi connectivity index (χ2n) is 10.9. The lowest BCUT2D eigenvalue weighted by molar-refractivity contribution is -0.118. The molecule has 1 heterocycles. The van der Waals surface area contributed by atoms with Crippen molar-refractivity contribution < 1.29 is 24.0 Å². The zero-order valence-electron chi connectivity index (χ0n) is 24.6. The molecular formula is C35H36ClN3O5S. The molecule has 4 atom stereocenters. The number of rotatable bonds is 12. The van der Waals surface area contributed by atoms with Crippen LogP contribution in [-0.4, -0.2) is 58.8 Å². The first-order valence-corrected chi connectivity index (χ1v) is 16.6. The van der Waals surface area contributed by atoms with Gasteiger partial charge in [-0.15, -0.1) is 0 Å². The molecule has 1 saturated heterocycles. The Morgan fingerprint density at radius 2 is 1.49 bits per heavy atom. The average molecular weight is 646 g/mol. The summed E-state index contributed by atoms with van der Waals surface area (Å²) in [5.74, 6) is -0.629. The third kappa shape index (κ3) is 9.09. The molecule has 8 nitrogen and oxygen atoms in total. The quantitative estimate of drug-likeness (QED) is 0.144. The van der Waals surface area contributed by atoms with Gasteiger partial charge in [-0.2, -0.15) is 0 Å². The molecule has 0 spiro atoms. The van der Waals surface area contributed by atoms with E-state index in [0.29, 0.717) is 47.3 Å². The highest BCUT2D eigenvalue weighted by molar-refractivity contribution is 7.91. The molecule has 0 aliphatic carbocycles. The van der Waals surface area contributed by atoms with Crippen molar-refractivity contribution in [2.45, 2.75) is 41.9 Å². The van der Waals surface area contributed by atoms with Gasteiger partial charge in [-0.25, -0.2) is 4.79 Å². The minimum absolute atomic E-state index is 0.100. The third-order valence-corrected chi connectivity index (χ3v) is 9.49. The SMILES string of the molecule is O=C(O)N[C@H](C(=O)Nc1ccccc1CC[C@@H]1CNC[C@@H](C[S+]([O-])c2ccc(Cl)cc2)O1)C(c1ccccc1)c1ccccc1. The molecule has 45 heavy (non-hydrogen) atoms. The number of ether oxygens (including phenoxy) is 1. The fourth-order valence-electron chi connectivity index (χ4n) is 5.61. The number of hydrogen-bond donors (Lipinski definition) is 4. The molecule has 4 aromatic rings. The van der Waals surface area contributed by atoms with Crippen LogP contribution in [0.4, 0.5) is 10.5 Å². The van der Waals surface area contributed by atoms with Gasteiger partial charge in [-0.1, -0.05) is 90.5 Å². The maximum absolute atomic E-state index is 13.9. The van der Waals surface area contributed by atoms with E-state index in [-0.39, 0.29) is 12.2 Å². The van der Waals surface area contributed by atoms with Gasteiger partial charge < -0.3 is 30.3 Å². The standard InChI is InChI=1S/C35H36ClN3O5S/c36-27-16-19-30(20-17-27)45(43)23-29-22-37-21-28(44-29)18-15-24-9-7-8-14-31(24)38-34(40)33(39-35(41)42)32(25-10-3-1-4-11-25)26-12-5-2-6-13-26/h1-14,16-17,19-20,28-29,32-33,37,39H,15,18,21-23H2,(H,38,40)(H,41,42)/t28-,29+,33+,45?/m1/s1. The van der Waals surface area contributed by atoms with Crippen LogP contribution in [0.25, 0.3) is 0 Å². The highest BCUT2D eigenvalue weighted by Crippen LogP contribution is 2.30. The van der Waals surface area contributed by atoms with E-state index < -0.39 is 35.1 Å². The number of halogens is 1. The van der Waals surface area contributed by atoms with Crippen LogP contribution in [0.15, 0.2) is 114 Å². The second kappa shape index (κ2) is 15.9. The summed E-state index contributed by atoms with van der Waals surface area (Å²) in [4.78, 5) is 26.5. The largest absolute Gasteiger partial charge is 0.611 e. The van der Waals surface area contributed by atoms with E-state index in [9.17, 15) is 19.2 Å². The van der Waals surface area contributed by atoms with Gasteiger partial charge in [0.15, 0.2) is 4.90 Å². The molecule has 1 unspecified atom stereocenters. The summed E-state index contributed by atoms with van der Waals surface area (Å²) < 4.78 is 19.2. The van der Waals surface area contributed by atoms with Crippen LogP contribution in [-0.2, 0) is 27.1 Å². The van der Waals surface area contributed by atoms with E-state index >= 15 is 0 Å². The zero-order valence-corrected chi connectivity index (χ0v) is 26.2. The van der Waals surface area contributed by atoms with E-state index in [2.05, 4.69) is 16.0 Å². The van der Waals surface area contributed by atoms with Gasteiger partial charge in [0.05, 0.1) is 6.10 Å². The maximum Gasteiger partial charge on any atom is 0.405 e. The number of para-hydroxylation sites is 1. The fraction of sp³-hybridized carbons (Fsp3) is 0.257. The number of benzene rings is 4. The number of morpholine rings is 1. The number of carbonyl (C=O) groups is 2. The van der Waals surface area contributed by atoms with Crippen LogP contribution < -0.4 is 16.0 Å². The molecule has 0 saturated carbocycles. The Morgan fingerprint density at radius 1 is 0.889 bits per heavy atom. The lowest BCUT2D eigenvalue weighted by atomic mass is 9.84. The maximum atomic E-state index is 13.9. The summed E-state index contributed by atoms with van der Waals surface area (Å²) in [5.41, 5.74) is 3.16. The van der Waals surface area contributed by atoms with Crippen molar-refractivity contribution in [3.8, 4) is 0 Å². The molecule has 234 valence electrons. The Hall–Kier alpha value is -3.86. The van der Waals surface area contributed by atoms with Crippen LogP contribution in [0.3, 0.4) is 0 Å². The number of anilines is 1. The topological polar surface area (TPSA) is 123 Å². The van der Waals surface area contributed by atoms with Crippen LogP contribution in [0, 0.1) is 0 Å². The normalized spacial score (nSPS) is 17.8. The fourth-order valence-corrected chi connectivity index (χ4v) is 6.90. The molecule has 10 heteroatoms. The van der Waals surface area contributed by atoms with Gasteiger partial charge >= 0.3 is 6.09 Å². The second-order valence-corrected chi connectivity index (χ2v) is 12.8. The molecule has 1 aliphatic heterocycles. The zero-order chi connectivity index (χ0) is 31.6. The van der Waals surface area contributed by atoms with E-state index in [1.165, 1.54) is 0 Å². The smallest absolute Gasteiger partial charge is 0.405 e. The van der Waals surface area contributed by atoms with Gasteiger partial charge in [-0.05, 0) is 71.0 Å². The van der Waals surface area contributed by atoms with Crippen molar-refractivity contribution >= 4 is 40.5 Å². The van der Waals surface area contributed by atoms with Crippen molar-refractivity contribution in [1.29, 1.82) is 0 Å². The van der Waals surface area contributed by atoms with Crippen molar-refractivity contribution in [3.63, 3.8) is 0 Å². The molecule has 0 radical (unpaired) electrons. The van der Waals surface area contributed by atoms with Gasteiger partial charge in [0, 0.05) is 29.7 Å². The molecule has 5 rings (SSSR count). The first-order chi connectivity index (χ1) is 21.9. The summed E-state index contributed by atoms with van der Waals surface area (Å²) in [6.07, 6.45) is -0.290. The summed E-state index contributed by atoms with van der Waals surface area (Å²) in [6, 6.07) is 32.3. The van der Waals surface area contributed by atoms with E-state index in [1.54, 1.807) is 24.3 Å². The highest BCUT2D eigenvalue weighted by atomic mass is 35.5. The van der Waals surface area contributed by atoms with Crippen molar-refractivity contribution in [3.05, 3.63) is 131 Å². The third-order valence-electron chi connectivity index (χ3n) is 7.77. The number of amides is 2. The van der Waals surface area contributed by atoms with Gasteiger partial charge in [0.2, 0.25) is 5.91 Å². The average Bonchev–Trinajstić information content (AvgIpc) is 3.05. The lowest BCUT2D eigenvalue weighted by Crippen LogP contribution is -2.47. The van der Waals surface area contributed by atoms with Gasteiger partial charge in [0.25, 0.3) is 0 Å². The highest BCUT2D eigenvalue weighted by Gasteiger charge is 2.33. The Kier molecular flexibility index (Phi) is 11.5. The molecular weight excluding hydrogens is 610 g/mol. The minimum atomic E-state index is -1.28. The molecule has 4 aromatic carbocycles. The molecule has 1 aliphatic rings. The van der Waals surface area contributed by atoms with Gasteiger partial charge in [-0.3, -0.25) is 4.79 Å². The van der Waals surface area contributed by atoms with Crippen LogP contribution in [0.5, 0.6) is 0 Å². The van der Waals surface area contributed by atoms with Crippen LogP contribution in [0.2, 0.25) is 5.02 Å². The van der Waals surface area contributed by atoms with E-state index in [1.807, 2.05) is 84.9 Å². The predicted molar refractivity (Wildman–Crippen MR) is 177 cm³/mol. The summed E-state index contributed by atoms with van der Waals surface area (Å²) in [6.45, 7) is 1.28. The first kappa shape index (κ1) is 32.5. The molecule has 0 aromatic heterocycles. The summed E-state index contributed by atoms with van der Waals surface area (Å²) in [7, 11) is 0. The van der Waals surface area contributed by atoms with Crippen LogP contribution in [0.1, 0.15) is 29.0 Å². The number of carboxylic acid groups (broad SMARTS) is 1. The van der Waals surface area contributed by atoms with Crippen molar-refractivity contribution in [2.75, 3.05) is 24.2 Å². The molecule has 4 N–H and O–H groups in total. The minimum Gasteiger partial charge on any atom is -0.611 e. The Labute approximate surface area is 271 Å². The Bertz CT molecular complexity index is 1500. The number of nitrogens with one attached hydrogen (secondary N) is 3.